The Bertz CT molecular complexity index is 684. The van der Waals surface area contributed by atoms with Crippen LogP contribution in [-0.2, 0) is 22.6 Å². The van der Waals surface area contributed by atoms with Crippen molar-refractivity contribution >= 4 is 30.7 Å². The van der Waals surface area contributed by atoms with E-state index in [1.165, 1.54) is 31.4 Å². The summed E-state index contributed by atoms with van der Waals surface area (Å²) in [5, 5.41) is 3.04. The van der Waals surface area contributed by atoms with Gasteiger partial charge in [-0.3, -0.25) is 9.69 Å². The van der Waals surface area contributed by atoms with Gasteiger partial charge in [0.1, 0.15) is 5.54 Å². The maximum atomic E-state index is 12.8. The zero-order valence-corrected chi connectivity index (χ0v) is 20.4. The Balaban J connectivity index is 0.00000225. The molecule has 1 saturated heterocycles. The molecular formula is C23H39Cl2N3O2. The number of carbonyl (C=O) groups is 1. The summed E-state index contributed by atoms with van der Waals surface area (Å²) in [6.07, 6.45) is 4.57. The Morgan fingerprint density at radius 3 is 2.40 bits per heavy atom. The summed E-state index contributed by atoms with van der Waals surface area (Å²) in [5.74, 6) is -0.0836. The second-order valence-electron chi connectivity index (χ2n) is 9.16. The van der Waals surface area contributed by atoms with E-state index in [1.807, 2.05) is 20.8 Å². The highest BCUT2D eigenvalue weighted by molar-refractivity contribution is 5.88. The minimum absolute atomic E-state index is 0. The number of nitrogens with one attached hydrogen (secondary N) is 1. The number of ether oxygens (including phenoxy) is 1. The minimum Gasteiger partial charge on any atom is -0.378 e. The molecule has 1 aromatic rings. The van der Waals surface area contributed by atoms with Crippen LogP contribution in [0, 0.1) is 5.41 Å². The zero-order valence-electron chi connectivity index (χ0n) is 18.8. The quantitative estimate of drug-likeness (QED) is 0.644. The van der Waals surface area contributed by atoms with Gasteiger partial charge in [-0.25, -0.2) is 0 Å². The van der Waals surface area contributed by atoms with E-state index in [9.17, 15) is 4.79 Å². The van der Waals surface area contributed by atoms with Gasteiger partial charge in [0.2, 0.25) is 5.91 Å². The lowest BCUT2D eigenvalue weighted by Crippen LogP contribution is -2.75. The number of amides is 1. The van der Waals surface area contributed by atoms with Crippen LogP contribution >= 0.6 is 24.8 Å². The second kappa shape index (κ2) is 11.1. The van der Waals surface area contributed by atoms with E-state index in [0.717, 1.165) is 12.1 Å². The maximum absolute atomic E-state index is 12.8. The summed E-state index contributed by atoms with van der Waals surface area (Å²) in [4.78, 5) is 15.3. The average molecular weight is 460 g/mol. The summed E-state index contributed by atoms with van der Waals surface area (Å²) >= 11 is 0. The Kier molecular flexibility index (Phi) is 10.1. The van der Waals surface area contributed by atoms with Gasteiger partial charge in [0.05, 0.1) is 6.10 Å². The van der Waals surface area contributed by atoms with E-state index in [2.05, 4.69) is 41.4 Å². The number of halogens is 2. The highest BCUT2D eigenvalue weighted by atomic mass is 35.5. The lowest BCUT2D eigenvalue weighted by atomic mass is 9.54. The van der Waals surface area contributed by atoms with Crippen LogP contribution in [0.5, 0.6) is 0 Å². The largest absolute Gasteiger partial charge is 0.378 e. The normalized spacial score (nSPS) is 27.9. The molecule has 30 heavy (non-hydrogen) atoms. The van der Waals surface area contributed by atoms with Gasteiger partial charge in [0.15, 0.2) is 0 Å². The molecule has 0 spiro atoms. The van der Waals surface area contributed by atoms with Crippen LogP contribution in [0.15, 0.2) is 24.3 Å². The van der Waals surface area contributed by atoms with Crippen LogP contribution in [0.3, 0.4) is 0 Å². The van der Waals surface area contributed by atoms with Crippen molar-refractivity contribution in [3.63, 3.8) is 0 Å². The molecule has 1 saturated carbocycles. The van der Waals surface area contributed by atoms with Crippen LogP contribution in [0.25, 0.3) is 0 Å². The van der Waals surface area contributed by atoms with Crippen molar-refractivity contribution in [1.82, 2.24) is 10.2 Å². The van der Waals surface area contributed by atoms with E-state index < -0.39 is 5.54 Å². The Labute approximate surface area is 194 Å². The third kappa shape index (κ3) is 5.49. The SMILES string of the molecule is CCOC1CC(N)(C(=O)NCc2ccc(CN3CCCCC3C)cc2)C1(C)C.Cl.Cl. The van der Waals surface area contributed by atoms with Crippen molar-refractivity contribution in [3.8, 4) is 0 Å². The molecule has 7 heteroatoms. The number of nitrogens with zero attached hydrogens (tertiary/aromatic N) is 1. The first-order valence-electron chi connectivity index (χ1n) is 10.8. The molecule has 0 bridgehead atoms. The number of nitrogens with two attached hydrogens (primary N) is 1. The molecule has 3 rings (SSSR count). The van der Waals surface area contributed by atoms with Crippen molar-refractivity contribution in [1.29, 1.82) is 0 Å². The van der Waals surface area contributed by atoms with Crippen LogP contribution in [-0.4, -0.2) is 41.6 Å². The van der Waals surface area contributed by atoms with Crippen LogP contribution in [0.4, 0.5) is 0 Å². The molecule has 0 aromatic heterocycles. The standard InChI is InChI=1S/C23H37N3O2.2ClH/c1-5-28-20-14-23(24,22(20,3)4)21(27)25-15-18-9-11-19(12-10-18)16-26-13-7-6-8-17(26)2;;/h9-12,17,20H,5-8,13-16,24H2,1-4H3,(H,25,27);2*1H. The Hall–Kier alpha value is -0.850. The van der Waals surface area contributed by atoms with Gasteiger partial charge < -0.3 is 15.8 Å². The fourth-order valence-electron chi connectivity index (χ4n) is 4.55. The Morgan fingerprint density at radius 1 is 1.20 bits per heavy atom. The monoisotopic (exact) mass is 459 g/mol. The van der Waals surface area contributed by atoms with Gasteiger partial charge in [0, 0.05) is 37.6 Å². The predicted molar refractivity (Wildman–Crippen MR) is 127 cm³/mol. The van der Waals surface area contributed by atoms with Gasteiger partial charge in [-0.05, 0) is 44.4 Å². The fraction of sp³-hybridized carbons (Fsp3) is 0.696. The Morgan fingerprint density at radius 2 is 1.83 bits per heavy atom. The molecule has 172 valence electrons. The zero-order chi connectivity index (χ0) is 20.4. The summed E-state index contributed by atoms with van der Waals surface area (Å²) in [7, 11) is 0. The molecule has 2 fully saturated rings. The minimum atomic E-state index is -0.864. The number of likely N-dealkylation sites (tertiary alicyclic amines) is 1. The first-order chi connectivity index (χ1) is 13.3. The summed E-state index contributed by atoms with van der Waals surface area (Å²) in [6, 6.07) is 9.25. The third-order valence-corrected chi connectivity index (χ3v) is 7.04. The summed E-state index contributed by atoms with van der Waals surface area (Å²) < 4.78 is 5.72. The van der Waals surface area contributed by atoms with Gasteiger partial charge in [0.25, 0.3) is 0 Å². The first kappa shape index (κ1) is 27.2. The maximum Gasteiger partial charge on any atom is 0.241 e. The van der Waals surface area contributed by atoms with Crippen LogP contribution in [0.1, 0.15) is 64.5 Å². The number of rotatable bonds is 7. The van der Waals surface area contributed by atoms with Gasteiger partial charge >= 0.3 is 0 Å². The molecule has 1 heterocycles. The number of carbonyl (C=O) groups excluding carboxylic acids is 1. The predicted octanol–water partition coefficient (Wildman–Crippen LogP) is 4.05. The molecule has 3 N–H and O–H groups in total. The number of hydrogen-bond donors (Lipinski definition) is 2. The van der Waals surface area contributed by atoms with Crippen molar-refractivity contribution in [3.05, 3.63) is 35.4 Å². The van der Waals surface area contributed by atoms with E-state index in [-0.39, 0.29) is 42.2 Å². The number of benzene rings is 1. The lowest BCUT2D eigenvalue weighted by Gasteiger charge is -2.57. The van der Waals surface area contributed by atoms with E-state index in [0.29, 0.717) is 25.6 Å². The van der Waals surface area contributed by atoms with E-state index >= 15 is 0 Å². The molecule has 1 amide bonds. The second-order valence-corrected chi connectivity index (χ2v) is 9.16. The average Bonchev–Trinajstić information content (AvgIpc) is 2.68. The molecular weight excluding hydrogens is 421 g/mol. The van der Waals surface area contributed by atoms with Crippen molar-refractivity contribution < 1.29 is 9.53 Å². The molecule has 3 unspecified atom stereocenters. The van der Waals surface area contributed by atoms with Crippen LogP contribution < -0.4 is 11.1 Å². The third-order valence-electron chi connectivity index (χ3n) is 7.04. The molecule has 3 atom stereocenters. The van der Waals surface area contributed by atoms with E-state index in [4.69, 9.17) is 10.5 Å². The fourth-order valence-corrected chi connectivity index (χ4v) is 4.55. The highest BCUT2D eigenvalue weighted by Gasteiger charge is 2.62. The highest BCUT2D eigenvalue weighted by Crippen LogP contribution is 2.49. The van der Waals surface area contributed by atoms with Crippen LogP contribution in [0.2, 0.25) is 0 Å². The number of piperidine rings is 1. The number of hydrogen-bond acceptors (Lipinski definition) is 4. The summed E-state index contributed by atoms with van der Waals surface area (Å²) in [5.41, 5.74) is 7.66. The molecule has 5 nitrogen and oxygen atoms in total. The molecule has 2 aliphatic rings. The first-order valence-corrected chi connectivity index (χ1v) is 10.8. The van der Waals surface area contributed by atoms with Gasteiger partial charge in [-0.15, -0.1) is 24.8 Å². The van der Waals surface area contributed by atoms with Gasteiger partial charge in [-0.2, -0.15) is 0 Å². The lowest BCUT2D eigenvalue weighted by molar-refractivity contribution is -0.170. The summed E-state index contributed by atoms with van der Waals surface area (Å²) in [6.45, 7) is 11.7. The van der Waals surface area contributed by atoms with Crippen molar-refractivity contribution in [2.75, 3.05) is 13.2 Å². The van der Waals surface area contributed by atoms with Crippen molar-refractivity contribution in [2.24, 2.45) is 11.1 Å². The van der Waals surface area contributed by atoms with E-state index in [1.54, 1.807) is 0 Å². The molecule has 1 aliphatic heterocycles. The topological polar surface area (TPSA) is 67.6 Å². The molecule has 1 aliphatic carbocycles. The van der Waals surface area contributed by atoms with Gasteiger partial charge in [-0.1, -0.05) is 44.5 Å². The molecule has 1 aromatic carbocycles. The molecule has 0 radical (unpaired) electrons. The van der Waals surface area contributed by atoms with Crippen molar-refractivity contribution in [2.45, 2.75) is 84.2 Å². The smallest absolute Gasteiger partial charge is 0.241 e.